The standard InChI is InChI=1S/C23H30N4O4S/c1-23(2,3)31-22(30)27(13-8-14-28)16-19(18-11-7-12-24-15-18)25-21(32)26-20(29)17-9-5-4-6-10-17/h4-7,9-12,15,19,28H,8,13-14,16H2,1-3H3,(H2,25,26,29,32). The third kappa shape index (κ3) is 8.60. The molecule has 0 spiro atoms. The summed E-state index contributed by atoms with van der Waals surface area (Å²) in [5.74, 6) is -0.336. The summed E-state index contributed by atoms with van der Waals surface area (Å²) in [6, 6.07) is 11.9. The molecule has 172 valence electrons. The minimum atomic E-state index is -0.662. The van der Waals surface area contributed by atoms with Crippen LogP contribution in [0.15, 0.2) is 54.9 Å². The van der Waals surface area contributed by atoms with Crippen LogP contribution in [0, 0.1) is 0 Å². The fourth-order valence-electron chi connectivity index (χ4n) is 2.84. The van der Waals surface area contributed by atoms with Crippen molar-refractivity contribution in [3.8, 4) is 0 Å². The van der Waals surface area contributed by atoms with Crippen molar-refractivity contribution in [2.75, 3.05) is 19.7 Å². The molecule has 8 nitrogen and oxygen atoms in total. The van der Waals surface area contributed by atoms with Gasteiger partial charge < -0.3 is 20.1 Å². The molecular weight excluding hydrogens is 428 g/mol. The molecule has 0 saturated carbocycles. The number of ether oxygens (including phenoxy) is 1. The summed E-state index contributed by atoms with van der Waals surface area (Å²) in [5, 5.41) is 15.2. The van der Waals surface area contributed by atoms with Crippen LogP contribution in [0.2, 0.25) is 0 Å². The van der Waals surface area contributed by atoms with Gasteiger partial charge in [0.05, 0.1) is 6.04 Å². The normalized spacial score (nSPS) is 11.9. The van der Waals surface area contributed by atoms with Crippen LogP contribution in [0.5, 0.6) is 0 Å². The lowest BCUT2D eigenvalue weighted by atomic mass is 10.1. The lowest BCUT2D eigenvalue weighted by molar-refractivity contribution is 0.0225. The lowest BCUT2D eigenvalue weighted by Gasteiger charge is -2.31. The summed E-state index contributed by atoms with van der Waals surface area (Å²) < 4.78 is 5.52. The number of nitrogens with zero attached hydrogens (tertiary/aromatic N) is 2. The Morgan fingerprint density at radius 2 is 1.91 bits per heavy atom. The van der Waals surface area contributed by atoms with Crippen molar-refractivity contribution in [1.29, 1.82) is 0 Å². The summed E-state index contributed by atoms with van der Waals surface area (Å²) in [6.07, 6.45) is 3.21. The molecule has 1 aromatic heterocycles. The summed E-state index contributed by atoms with van der Waals surface area (Å²) in [5.41, 5.74) is 0.597. The number of carbonyl (C=O) groups is 2. The monoisotopic (exact) mass is 458 g/mol. The van der Waals surface area contributed by atoms with Gasteiger partial charge in [-0.2, -0.15) is 0 Å². The summed E-state index contributed by atoms with van der Waals surface area (Å²) in [6.45, 7) is 5.81. The van der Waals surface area contributed by atoms with Gasteiger partial charge in [-0.15, -0.1) is 0 Å². The number of nitrogens with one attached hydrogen (secondary N) is 2. The second-order valence-electron chi connectivity index (χ2n) is 8.14. The van der Waals surface area contributed by atoms with Gasteiger partial charge in [0.1, 0.15) is 5.60 Å². The highest BCUT2D eigenvalue weighted by Crippen LogP contribution is 2.17. The highest BCUT2D eigenvalue weighted by atomic mass is 32.1. The molecule has 0 aliphatic heterocycles. The predicted octanol–water partition coefficient (Wildman–Crippen LogP) is 3.05. The first kappa shape index (κ1) is 25.2. The quantitative estimate of drug-likeness (QED) is 0.522. The number of thiocarbonyl (C=S) groups is 1. The fraction of sp³-hybridized carbons (Fsp3) is 0.391. The fourth-order valence-corrected chi connectivity index (χ4v) is 3.08. The molecule has 0 bridgehead atoms. The van der Waals surface area contributed by atoms with E-state index in [2.05, 4.69) is 15.6 Å². The largest absolute Gasteiger partial charge is 0.444 e. The van der Waals surface area contributed by atoms with Crippen molar-refractivity contribution in [2.45, 2.75) is 38.8 Å². The summed E-state index contributed by atoms with van der Waals surface area (Å²) in [7, 11) is 0. The molecule has 2 aromatic rings. The second-order valence-corrected chi connectivity index (χ2v) is 8.54. The van der Waals surface area contributed by atoms with Gasteiger partial charge in [-0.3, -0.25) is 15.1 Å². The zero-order chi connectivity index (χ0) is 23.6. The SMILES string of the molecule is CC(C)(C)OC(=O)N(CCCO)CC(NC(=S)NC(=O)c1ccccc1)c1cccnc1. The van der Waals surface area contributed by atoms with Crippen molar-refractivity contribution >= 4 is 29.3 Å². The van der Waals surface area contributed by atoms with Gasteiger partial charge in [0.25, 0.3) is 5.91 Å². The van der Waals surface area contributed by atoms with Gasteiger partial charge in [0.2, 0.25) is 0 Å². The van der Waals surface area contributed by atoms with E-state index in [-0.39, 0.29) is 24.2 Å². The van der Waals surface area contributed by atoms with Crippen LogP contribution in [-0.2, 0) is 4.74 Å². The zero-order valence-electron chi connectivity index (χ0n) is 18.6. The van der Waals surface area contributed by atoms with Crippen molar-refractivity contribution in [3.63, 3.8) is 0 Å². The maximum absolute atomic E-state index is 12.8. The lowest BCUT2D eigenvalue weighted by Crippen LogP contribution is -2.47. The first-order chi connectivity index (χ1) is 15.2. The number of hydrogen-bond acceptors (Lipinski definition) is 6. The molecule has 3 N–H and O–H groups in total. The molecule has 9 heteroatoms. The average Bonchev–Trinajstić information content (AvgIpc) is 2.75. The first-order valence-corrected chi connectivity index (χ1v) is 10.8. The number of rotatable bonds is 8. The Hall–Kier alpha value is -3.04. The van der Waals surface area contributed by atoms with Crippen molar-refractivity contribution < 1.29 is 19.4 Å². The van der Waals surface area contributed by atoms with E-state index >= 15 is 0 Å². The molecule has 0 saturated heterocycles. The topological polar surface area (TPSA) is 104 Å². The Morgan fingerprint density at radius 3 is 2.50 bits per heavy atom. The van der Waals surface area contributed by atoms with E-state index in [1.165, 1.54) is 4.90 Å². The van der Waals surface area contributed by atoms with Crippen LogP contribution in [0.1, 0.15) is 49.2 Å². The van der Waals surface area contributed by atoms with E-state index in [0.29, 0.717) is 18.5 Å². The first-order valence-electron chi connectivity index (χ1n) is 10.3. The zero-order valence-corrected chi connectivity index (χ0v) is 19.4. The Bertz CT molecular complexity index is 888. The molecule has 1 aromatic carbocycles. The molecule has 0 aliphatic carbocycles. The highest BCUT2D eigenvalue weighted by molar-refractivity contribution is 7.80. The summed E-state index contributed by atoms with van der Waals surface area (Å²) in [4.78, 5) is 30.9. The van der Waals surface area contributed by atoms with Gasteiger partial charge in [-0.05, 0) is 63.2 Å². The van der Waals surface area contributed by atoms with Crippen LogP contribution in [0.3, 0.4) is 0 Å². The predicted molar refractivity (Wildman–Crippen MR) is 126 cm³/mol. The number of amides is 2. The minimum absolute atomic E-state index is 0.0597. The van der Waals surface area contributed by atoms with E-state index in [0.717, 1.165) is 5.56 Å². The number of benzene rings is 1. The molecule has 0 aliphatic rings. The van der Waals surface area contributed by atoms with E-state index in [1.807, 2.05) is 12.1 Å². The van der Waals surface area contributed by atoms with E-state index in [9.17, 15) is 14.7 Å². The Morgan fingerprint density at radius 1 is 1.19 bits per heavy atom. The van der Waals surface area contributed by atoms with Crippen LogP contribution in [0.25, 0.3) is 0 Å². The smallest absolute Gasteiger partial charge is 0.410 e. The number of hydrogen-bond donors (Lipinski definition) is 3. The Labute approximate surface area is 194 Å². The number of pyridine rings is 1. The third-order valence-electron chi connectivity index (χ3n) is 4.30. The van der Waals surface area contributed by atoms with Gasteiger partial charge in [0.15, 0.2) is 5.11 Å². The van der Waals surface area contributed by atoms with Gasteiger partial charge in [-0.25, -0.2) is 4.79 Å². The molecule has 0 fully saturated rings. The van der Waals surface area contributed by atoms with E-state index in [4.69, 9.17) is 17.0 Å². The van der Waals surface area contributed by atoms with Crippen LogP contribution >= 0.6 is 12.2 Å². The molecule has 1 heterocycles. The Balaban J connectivity index is 2.17. The van der Waals surface area contributed by atoms with Crippen LogP contribution in [0.4, 0.5) is 4.79 Å². The highest BCUT2D eigenvalue weighted by Gasteiger charge is 2.26. The molecular formula is C23H30N4O4S. The molecule has 1 unspecified atom stereocenters. The summed E-state index contributed by atoms with van der Waals surface area (Å²) >= 11 is 5.36. The van der Waals surface area contributed by atoms with Crippen molar-refractivity contribution in [3.05, 3.63) is 66.0 Å². The minimum Gasteiger partial charge on any atom is -0.444 e. The van der Waals surface area contributed by atoms with Crippen LogP contribution < -0.4 is 10.6 Å². The van der Waals surface area contributed by atoms with Gasteiger partial charge in [0, 0.05) is 37.7 Å². The molecule has 32 heavy (non-hydrogen) atoms. The van der Waals surface area contributed by atoms with Crippen LogP contribution in [-0.4, -0.2) is 57.4 Å². The molecule has 2 rings (SSSR count). The number of aliphatic hydroxyl groups is 1. The average molecular weight is 459 g/mol. The van der Waals surface area contributed by atoms with E-state index < -0.39 is 17.7 Å². The third-order valence-corrected chi connectivity index (χ3v) is 4.52. The van der Waals surface area contributed by atoms with Crippen molar-refractivity contribution in [2.24, 2.45) is 0 Å². The number of aromatic nitrogens is 1. The number of carbonyl (C=O) groups excluding carboxylic acids is 2. The second kappa shape index (κ2) is 12.1. The van der Waals surface area contributed by atoms with E-state index in [1.54, 1.807) is 63.5 Å². The van der Waals surface area contributed by atoms with Gasteiger partial charge >= 0.3 is 6.09 Å². The maximum atomic E-state index is 12.8. The van der Waals surface area contributed by atoms with Gasteiger partial charge in [-0.1, -0.05) is 24.3 Å². The Kier molecular flexibility index (Phi) is 9.55. The maximum Gasteiger partial charge on any atom is 0.410 e. The number of aliphatic hydroxyl groups excluding tert-OH is 1. The molecule has 0 radical (unpaired) electrons. The molecule has 1 atom stereocenters. The molecule has 2 amide bonds. The van der Waals surface area contributed by atoms with Crippen molar-refractivity contribution in [1.82, 2.24) is 20.5 Å².